The Bertz CT molecular complexity index is 466. The van der Waals surface area contributed by atoms with E-state index in [0.717, 1.165) is 6.42 Å². The van der Waals surface area contributed by atoms with Crippen molar-refractivity contribution in [3.05, 3.63) is 77.4 Å². The van der Waals surface area contributed by atoms with Gasteiger partial charge < -0.3 is 0 Å². The summed E-state index contributed by atoms with van der Waals surface area (Å²) >= 11 is 0. The minimum atomic E-state index is 0.995. The molecule has 0 nitrogen and oxygen atoms in total. The van der Waals surface area contributed by atoms with Crippen LogP contribution in [0.2, 0.25) is 0 Å². The van der Waals surface area contributed by atoms with Gasteiger partial charge in [0.2, 0.25) is 0 Å². The molecule has 0 aliphatic carbocycles. The van der Waals surface area contributed by atoms with Crippen molar-refractivity contribution in [1.29, 1.82) is 0 Å². The van der Waals surface area contributed by atoms with Gasteiger partial charge in [-0.1, -0.05) is 66.7 Å². The average Bonchev–Trinajstić information content (AvgIpc) is 2.33. The summed E-state index contributed by atoms with van der Waals surface area (Å²) in [5, 5.41) is 0. The lowest BCUT2D eigenvalue weighted by Gasteiger charge is -1.98. The summed E-state index contributed by atoms with van der Waals surface area (Å²) in [6.07, 6.45) is 5.41. The van der Waals surface area contributed by atoms with Gasteiger partial charge in [-0.2, -0.15) is 0 Å². The van der Waals surface area contributed by atoms with E-state index in [0.29, 0.717) is 0 Å². The maximum absolute atomic E-state index is 2.22. The van der Waals surface area contributed by atoms with Gasteiger partial charge in [0, 0.05) is 0 Å². The molecule has 0 amide bonds. The molecule has 16 heavy (non-hydrogen) atoms. The van der Waals surface area contributed by atoms with Crippen molar-refractivity contribution in [3.8, 4) is 0 Å². The van der Waals surface area contributed by atoms with Gasteiger partial charge in [0.05, 0.1) is 0 Å². The van der Waals surface area contributed by atoms with Crippen LogP contribution in [0.25, 0.3) is 6.08 Å². The van der Waals surface area contributed by atoms with Crippen LogP contribution in [0.5, 0.6) is 0 Å². The van der Waals surface area contributed by atoms with E-state index in [4.69, 9.17) is 0 Å². The highest BCUT2D eigenvalue weighted by Gasteiger charge is 1.91. The highest BCUT2D eigenvalue weighted by atomic mass is 14.0. The Labute approximate surface area is 97.3 Å². The van der Waals surface area contributed by atoms with Crippen LogP contribution in [0.4, 0.5) is 0 Å². The Balaban J connectivity index is 2.03. The van der Waals surface area contributed by atoms with Crippen molar-refractivity contribution >= 4 is 6.08 Å². The predicted octanol–water partition coefficient (Wildman–Crippen LogP) is 4.25. The summed E-state index contributed by atoms with van der Waals surface area (Å²) in [6.45, 7) is 2.14. The van der Waals surface area contributed by atoms with Gasteiger partial charge in [-0.05, 0) is 30.0 Å². The van der Waals surface area contributed by atoms with E-state index < -0.39 is 0 Å². The van der Waals surface area contributed by atoms with Crippen LogP contribution in [-0.2, 0) is 6.42 Å². The molecule has 0 spiro atoms. The minimum absolute atomic E-state index is 0.995. The molecule has 0 aliphatic heterocycles. The summed E-state index contributed by atoms with van der Waals surface area (Å²) in [6, 6.07) is 19.0. The van der Waals surface area contributed by atoms with Crippen molar-refractivity contribution in [3.63, 3.8) is 0 Å². The van der Waals surface area contributed by atoms with Crippen molar-refractivity contribution in [2.24, 2.45) is 0 Å². The third-order valence-corrected chi connectivity index (χ3v) is 2.68. The van der Waals surface area contributed by atoms with Crippen LogP contribution in [0, 0.1) is 6.92 Å². The number of hydrogen-bond acceptors (Lipinski definition) is 0. The lowest BCUT2D eigenvalue weighted by atomic mass is 10.1. The molecular formula is C16H16. The van der Waals surface area contributed by atoms with Crippen LogP contribution in [0.1, 0.15) is 16.7 Å². The number of benzene rings is 2. The summed E-state index contributed by atoms with van der Waals surface area (Å²) in [4.78, 5) is 0. The summed E-state index contributed by atoms with van der Waals surface area (Å²) in [5.41, 5.74) is 3.98. The quantitative estimate of drug-likeness (QED) is 0.707. The smallest absolute Gasteiger partial charge is 0.00941 e. The fourth-order valence-electron chi connectivity index (χ4n) is 1.71. The van der Waals surface area contributed by atoms with Gasteiger partial charge >= 0.3 is 0 Å². The number of aryl methyl sites for hydroxylation is 1. The van der Waals surface area contributed by atoms with Crippen LogP contribution in [-0.4, -0.2) is 0 Å². The predicted molar refractivity (Wildman–Crippen MR) is 70.4 cm³/mol. The second kappa shape index (κ2) is 5.32. The molecule has 0 aromatic heterocycles. The van der Waals surface area contributed by atoms with Crippen LogP contribution < -0.4 is 0 Å². The molecule has 0 N–H and O–H groups in total. The Morgan fingerprint density at radius 2 is 1.56 bits per heavy atom. The first-order valence-corrected chi connectivity index (χ1v) is 5.62. The molecule has 0 radical (unpaired) electrons. The van der Waals surface area contributed by atoms with Gasteiger partial charge in [-0.25, -0.2) is 0 Å². The molecule has 2 aromatic carbocycles. The topological polar surface area (TPSA) is 0 Å². The van der Waals surface area contributed by atoms with E-state index in [-0.39, 0.29) is 0 Å². The molecule has 80 valence electrons. The van der Waals surface area contributed by atoms with Crippen molar-refractivity contribution in [2.75, 3.05) is 0 Å². The van der Waals surface area contributed by atoms with E-state index in [2.05, 4.69) is 73.7 Å². The monoisotopic (exact) mass is 208 g/mol. The highest BCUT2D eigenvalue weighted by Crippen LogP contribution is 2.10. The molecular weight excluding hydrogens is 192 g/mol. The normalized spacial score (nSPS) is 10.8. The van der Waals surface area contributed by atoms with Gasteiger partial charge in [0.25, 0.3) is 0 Å². The number of rotatable bonds is 3. The minimum Gasteiger partial charge on any atom is -0.0795 e. The van der Waals surface area contributed by atoms with Crippen LogP contribution >= 0.6 is 0 Å². The van der Waals surface area contributed by atoms with Crippen molar-refractivity contribution < 1.29 is 0 Å². The molecule has 0 heterocycles. The summed E-state index contributed by atoms with van der Waals surface area (Å²) in [7, 11) is 0. The lowest BCUT2D eigenvalue weighted by Crippen LogP contribution is -1.81. The number of allylic oxidation sites excluding steroid dienone is 1. The first-order chi connectivity index (χ1) is 7.86. The maximum Gasteiger partial charge on any atom is -0.00941 e. The van der Waals surface area contributed by atoms with Gasteiger partial charge in [0.15, 0.2) is 0 Å². The standard InChI is InChI=1S/C16H16/c1-14-8-5-6-12-16(14)13-7-11-15-9-3-2-4-10-15/h2-10,12-13H,11H2,1H3/b13-7+. The largest absolute Gasteiger partial charge is 0.0795 e. The Morgan fingerprint density at radius 1 is 0.875 bits per heavy atom. The summed E-state index contributed by atoms with van der Waals surface area (Å²) in [5.74, 6) is 0. The third kappa shape index (κ3) is 2.83. The van der Waals surface area contributed by atoms with Crippen molar-refractivity contribution in [2.45, 2.75) is 13.3 Å². The molecule has 2 rings (SSSR count). The van der Waals surface area contributed by atoms with E-state index in [1.807, 2.05) is 0 Å². The molecule has 2 aromatic rings. The van der Waals surface area contributed by atoms with Crippen LogP contribution in [0.15, 0.2) is 60.7 Å². The van der Waals surface area contributed by atoms with E-state index in [9.17, 15) is 0 Å². The van der Waals surface area contributed by atoms with Gasteiger partial charge in [-0.15, -0.1) is 0 Å². The van der Waals surface area contributed by atoms with E-state index in [1.165, 1.54) is 16.7 Å². The molecule has 0 atom stereocenters. The first-order valence-electron chi connectivity index (χ1n) is 5.62. The van der Waals surface area contributed by atoms with E-state index >= 15 is 0 Å². The van der Waals surface area contributed by atoms with Crippen molar-refractivity contribution in [1.82, 2.24) is 0 Å². The SMILES string of the molecule is Cc1ccccc1/C=C/Cc1ccccc1. The zero-order chi connectivity index (χ0) is 11.2. The van der Waals surface area contributed by atoms with Gasteiger partial charge in [-0.3, -0.25) is 0 Å². The molecule has 0 saturated heterocycles. The molecule has 0 heteroatoms. The van der Waals surface area contributed by atoms with Crippen LogP contribution in [0.3, 0.4) is 0 Å². The fourth-order valence-corrected chi connectivity index (χ4v) is 1.71. The third-order valence-electron chi connectivity index (χ3n) is 2.68. The highest BCUT2D eigenvalue weighted by molar-refractivity contribution is 5.53. The Hall–Kier alpha value is -1.82. The number of hydrogen-bond donors (Lipinski definition) is 0. The molecule has 0 saturated carbocycles. The Morgan fingerprint density at radius 3 is 2.31 bits per heavy atom. The first kappa shape index (κ1) is 10.7. The van der Waals surface area contributed by atoms with E-state index in [1.54, 1.807) is 0 Å². The zero-order valence-electron chi connectivity index (χ0n) is 9.56. The maximum atomic E-state index is 2.22. The Kier molecular flexibility index (Phi) is 3.55. The molecule has 0 bridgehead atoms. The fraction of sp³-hybridized carbons (Fsp3) is 0.125. The average molecular weight is 208 g/mol. The van der Waals surface area contributed by atoms with Gasteiger partial charge in [0.1, 0.15) is 0 Å². The zero-order valence-corrected chi connectivity index (χ0v) is 9.56. The lowest BCUT2D eigenvalue weighted by molar-refractivity contribution is 1.28. The molecule has 0 unspecified atom stereocenters. The summed E-state index contributed by atoms with van der Waals surface area (Å²) < 4.78 is 0. The molecule has 0 aliphatic rings. The molecule has 0 fully saturated rings. The second-order valence-corrected chi connectivity index (χ2v) is 3.95. The second-order valence-electron chi connectivity index (χ2n) is 3.95.